The van der Waals surface area contributed by atoms with Gasteiger partial charge in [0.2, 0.25) is 0 Å². The zero-order valence-electron chi connectivity index (χ0n) is 11.3. The Labute approximate surface area is 114 Å². The maximum atomic E-state index is 6.25. The van der Waals surface area contributed by atoms with Crippen LogP contribution in [0.3, 0.4) is 0 Å². The van der Waals surface area contributed by atoms with Gasteiger partial charge >= 0.3 is 0 Å². The molecule has 0 saturated carbocycles. The molecule has 3 nitrogen and oxygen atoms in total. The Morgan fingerprint density at radius 1 is 1.21 bits per heavy atom. The summed E-state index contributed by atoms with van der Waals surface area (Å²) in [6, 6.07) is 12.0. The first-order chi connectivity index (χ1) is 9.29. The van der Waals surface area contributed by atoms with Gasteiger partial charge in [0.25, 0.3) is 0 Å². The van der Waals surface area contributed by atoms with Gasteiger partial charge in [-0.3, -0.25) is 4.98 Å². The average Bonchev–Trinajstić information content (AvgIpc) is 2.46. The van der Waals surface area contributed by atoms with Gasteiger partial charge in [0.15, 0.2) is 0 Å². The summed E-state index contributed by atoms with van der Waals surface area (Å²) < 4.78 is 5.63. The van der Waals surface area contributed by atoms with E-state index in [2.05, 4.69) is 11.9 Å². The van der Waals surface area contributed by atoms with Crippen molar-refractivity contribution in [2.75, 3.05) is 6.61 Å². The topological polar surface area (TPSA) is 48.1 Å². The highest BCUT2D eigenvalue weighted by Gasteiger charge is 2.08. The highest BCUT2D eigenvalue weighted by Crippen LogP contribution is 2.20. The first kappa shape index (κ1) is 13.6. The zero-order chi connectivity index (χ0) is 13.5. The molecule has 0 aliphatic rings. The molecule has 1 unspecified atom stereocenters. The van der Waals surface area contributed by atoms with Gasteiger partial charge in [0.1, 0.15) is 5.75 Å². The number of hydrogen-bond donors (Lipinski definition) is 1. The van der Waals surface area contributed by atoms with E-state index in [0.29, 0.717) is 0 Å². The van der Waals surface area contributed by atoms with Gasteiger partial charge < -0.3 is 10.5 Å². The molecule has 1 aromatic heterocycles. The average molecular weight is 256 g/mol. The van der Waals surface area contributed by atoms with Crippen LogP contribution in [0.5, 0.6) is 5.75 Å². The number of ether oxygens (including phenoxy) is 1. The Morgan fingerprint density at radius 3 is 2.74 bits per heavy atom. The number of nitrogens with two attached hydrogens (primary N) is 1. The molecule has 1 aromatic carbocycles. The summed E-state index contributed by atoms with van der Waals surface area (Å²) in [5.74, 6) is 0.893. The predicted octanol–water partition coefficient (Wildman–Crippen LogP) is 3.11. The number of pyridine rings is 1. The van der Waals surface area contributed by atoms with E-state index in [1.165, 1.54) is 5.56 Å². The Bertz CT molecular complexity index is 499. The van der Waals surface area contributed by atoms with Gasteiger partial charge in [-0.15, -0.1) is 0 Å². The Morgan fingerprint density at radius 2 is 2.00 bits per heavy atom. The summed E-state index contributed by atoms with van der Waals surface area (Å²) in [6.45, 7) is 2.84. The second-order valence-electron chi connectivity index (χ2n) is 4.59. The Hall–Kier alpha value is -1.87. The fourth-order valence-electron chi connectivity index (χ4n) is 1.95. The minimum absolute atomic E-state index is 0.0208. The summed E-state index contributed by atoms with van der Waals surface area (Å²) in [5, 5.41) is 0. The van der Waals surface area contributed by atoms with E-state index in [4.69, 9.17) is 10.5 Å². The molecule has 2 N–H and O–H groups in total. The minimum Gasteiger partial charge on any atom is -0.494 e. The van der Waals surface area contributed by atoms with Crippen molar-refractivity contribution in [2.24, 2.45) is 5.73 Å². The fourth-order valence-corrected chi connectivity index (χ4v) is 1.95. The van der Waals surface area contributed by atoms with Crippen LogP contribution in [-0.4, -0.2) is 11.6 Å². The minimum atomic E-state index is -0.0208. The summed E-state index contributed by atoms with van der Waals surface area (Å²) in [7, 11) is 0. The van der Waals surface area contributed by atoms with Gasteiger partial charge in [-0.05, 0) is 48.2 Å². The van der Waals surface area contributed by atoms with Gasteiger partial charge in [-0.2, -0.15) is 0 Å². The largest absolute Gasteiger partial charge is 0.494 e. The van der Waals surface area contributed by atoms with Crippen LogP contribution in [0.2, 0.25) is 0 Å². The van der Waals surface area contributed by atoms with Crippen molar-refractivity contribution < 1.29 is 4.74 Å². The summed E-state index contributed by atoms with van der Waals surface area (Å²) in [5.41, 5.74) is 8.55. The SMILES string of the molecule is CCCOc1cccc(C(N)Cc2ccncc2)c1. The monoisotopic (exact) mass is 256 g/mol. The van der Waals surface area contributed by atoms with Crippen LogP contribution in [0.1, 0.15) is 30.5 Å². The van der Waals surface area contributed by atoms with Crippen molar-refractivity contribution in [3.63, 3.8) is 0 Å². The van der Waals surface area contributed by atoms with E-state index >= 15 is 0 Å². The van der Waals surface area contributed by atoms with Crippen LogP contribution < -0.4 is 10.5 Å². The molecule has 100 valence electrons. The Balaban J connectivity index is 2.04. The summed E-state index contributed by atoms with van der Waals surface area (Å²) in [6.07, 6.45) is 5.40. The molecule has 0 amide bonds. The van der Waals surface area contributed by atoms with E-state index in [1.807, 2.05) is 36.4 Å². The number of aromatic nitrogens is 1. The van der Waals surface area contributed by atoms with Gasteiger partial charge in [0.05, 0.1) is 6.61 Å². The molecule has 0 aliphatic carbocycles. The van der Waals surface area contributed by atoms with E-state index in [-0.39, 0.29) is 6.04 Å². The molecule has 0 saturated heterocycles. The van der Waals surface area contributed by atoms with Crippen LogP contribution in [0.4, 0.5) is 0 Å². The molecule has 0 radical (unpaired) electrons. The maximum Gasteiger partial charge on any atom is 0.119 e. The molecule has 1 heterocycles. The smallest absolute Gasteiger partial charge is 0.119 e. The first-order valence-electron chi connectivity index (χ1n) is 6.67. The van der Waals surface area contributed by atoms with Crippen molar-refractivity contribution >= 4 is 0 Å². The lowest BCUT2D eigenvalue weighted by atomic mass is 10.0. The normalized spacial score (nSPS) is 12.1. The zero-order valence-corrected chi connectivity index (χ0v) is 11.3. The number of nitrogens with zero attached hydrogens (tertiary/aromatic N) is 1. The highest BCUT2D eigenvalue weighted by atomic mass is 16.5. The van der Waals surface area contributed by atoms with Crippen molar-refractivity contribution in [3.05, 3.63) is 59.9 Å². The second-order valence-corrected chi connectivity index (χ2v) is 4.59. The van der Waals surface area contributed by atoms with Crippen LogP contribution in [0, 0.1) is 0 Å². The highest BCUT2D eigenvalue weighted by molar-refractivity contribution is 5.31. The first-order valence-corrected chi connectivity index (χ1v) is 6.67. The Kier molecular flexibility index (Phi) is 4.93. The van der Waals surface area contributed by atoms with Crippen molar-refractivity contribution in [1.29, 1.82) is 0 Å². The quantitative estimate of drug-likeness (QED) is 0.864. The number of hydrogen-bond acceptors (Lipinski definition) is 3. The van der Waals surface area contributed by atoms with E-state index in [9.17, 15) is 0 Å². The van der Waals surface area contributed by atoms with Crippen LogP contribution in [0.15, 0.2) is 48.8 Å². The standard InChI is InChI=1S/C16H20N2O/c1-2-10-19-15-5-3-4-14(12-15)16(17)11-13-6-8-18-9-7-13/h3-9,12,16H,2,10-11,17H2,1H3. The lowest BCUT2D eigenvalue weighted by Gasteiger charge is -2.13. The maximum absolute atomic E-state index is 6.25. The molecule has 0 spiro atoms. The molecule has 2 rings (SSSR count). The van der Waals surface area contributed by atoms with Crippen molar-refractivity contribution in [1.82, 2.24) is 4.98 Å². The summed E-state index contributed by atoms with van der Waals surface area (Å²) in [4.78, 5) is 4.01. The van der Waals surface area contributed by atoms with E-state index in [0.717, 1.165) is 30.8 Å². The van der Waals surface area contributed by atoms with Gasteiger partial charge in [-0.25, -0.2) is 0 Å². The van der Waals surface area contributed by atoms with Crippen LogP contribution in [0.25, 0.3) is 0 Å². The second kappa shape index (κ2) is 6.90. The van der Waals surface area contributed by atoms with Gasteiger partial charge in [0, 0.05) is 18.4 Å². The third kappa shape index (κ3) is 4.07. The molecular formula is C16H20N2O. The van der Waals surface area contributed by atoms with Crippen LogP contribution >= 0.6 is 0 Å². The number of benzene rings is 1. The van der Waals surface area contributed by atoms with Crippen LogP contribution in [-0.2, 0) is 6.42 Å². The van der Waals surface area contributed by atoms with E-state index in [1.54, 1.807) is 12.4 Å². The fraction of sp³-hybridized carbons (Fsp3) is 0.312. The molecule has 3 heteroatoms. The molecule has 0 fully saturated rings. The van der Waals surface area contributed by atoms with E-state index < -0.39 is 0 Å². The molecule has 19 heavy (non-hydrogen) atoms. The predicted molar refractivity (Wildman–Crippen MR) is 77.1 cm³/mol. The molecule has 0 bridgehead atoms. The summed E-state index contributed by atoms with van der Waals surface area (Å²) >= 11 is 0. The lowest BCUT2D eigenvalue weighted by molar-refractivity contribution is 0.317. The van der Waals surface area contributed by atoms with Crippen molar-refractivity contribution in [2.45, 2.75) is 25.8 Å². The number of rotatable bonds is 6. The molecular weight excluding hydrogens is 236 g/mol. The third-order valence-electron chi connectivity index (χ3n) is 2.96. The molecule has 1 atom stereocenters. The molecule has 2 aromatic rings. The molecule has 0 aliphatic heterocycles. The van der Waals surface area contributed by atoms with Gasteiger partial charge in [-0.1, -0.05) is 19.1 Å². The third-order valence-corrected chi connectivity index (χ3v) is 2.96. The van der Waals surface area contributed by atoms with Crippen molar-refractivity contribution in [3.8, 4) is 5.75 Å². The lowest BCUT2D eigenvalue weighted by Crippen LogP contribution is -2.13.